The molecule has 1 aliphatic rings. The van der Waals surface area contributed by atoms with Crippen molar-refractivity contribution in [2.45, 2.75) is 6.42 Å². The highest BCUT2D eigenvalue weighted by Crippen LogP contribution is 2.34. The Kier molecular flexibility index (Phi) is 3.32. The van der Waals surface area contributed by atoms with Crippen LogP contribution in [0.25, 0.3) is 0 Å². The van der Waals surface area contributed by atoms with Crippen LogP contribution in [0.2, 0.25) is 10.0 Å². The van der Waals surface area contributed by atoms with Crippen molar-refractivity contribution in [2.24, 2.45) is 0 Å². The molecule has 1 aliphatic heterocycles. The minimum absolute atomic E-state index is 0.195. The molecule has 0 saturated heterocycles. The van der Waals surface area contributed by atoms with Gasteiger partial charge < -0.3 is 10.5 Å². The molecule has 2 N–H and O–H groups in total. The highest BCUT2D eigenvalue weighted by Gasteiger charge is 2.23. The molecule has 0 aliphatic carbocycles. The molecule has 0 aromatic heterocycles. The quantitative estimate of drug-likeness (QED) is 0.679. The molecule has 2 aromatic rings. The average Bonchev–Trinajstić information content (AvgIpc) is 2.83. The third kappa shape index (κ3) is 2.35. The van der Waals surface area contributed by atoms with E-state index < -0.39 is 0 Å². The maximum atomic E-state index is 12.6. The van der Waals surface area contributed by atoms with Gasteiger partial charge in [0.15, 0.2) is 5.78 Å². The summed E-state index contributed by atoms with van der Waals surface area (Å²) in [7, 11) is 0. The molecule has 1 heterocycles. The number of benzene rings is 2. The largest absolute Gasteiger partial charge is 0.492 e. The summed E-state index contributed by atoms with van der Waals surface area (Å²) in [5.41, 5.74) is 8.00. The number of hydrogen-bond acceptors (Lipinski definition) is 3. The van der Waals surface area contributed by atoms with Crippen molar-refractivity contribution >= 4 is 34.7 Å². The standard InChI is InChI=1S/C15H11Cl2NO2/c16-10-4-9(5-12(18)6-10)14(19)13-7-11(17)3-8-1-2-20-15(8)13/h3-7H,1-2,18H2. The van der Waals surface area contributed by atoms with Crippen molar-refractivity contribution in [3.8, 4) is 5.75 Å². The van der Waals surface area contributed by atoms with Gasteiger partial charge in [-0.1, -0.05) is 23.2 Å². The number of fused-ring (bicyclic) bond motifs is 1. The zero-order valence-corrected chi connectivity index (χ0v) is 12.0. The molecule has 0 amide bonds. The van der Waals surface area contributed by atoms with Gasteiger partial charge in [0, 0.05) is 27.7 Å². The summed E-state index contributed by atoms with van der Waals surface area (Å²) in [4.78, 5) is 12.6. The third-order valence-electron chi connectivity index (χ3n) is 3.18. The van der Waals surface area contributed by atoms with E-state index in [0.29, 0.717) is 39.2 Å². The van der Waals surface area contributed by atoms with Crippen molar-refractivity contribution in [3.63, 3.8) is 0 Å². The Labute approximate surface area is 126 Å². The Balaban J connectivity index is 2.11. The van der Waals surface area contributed by atoms with E-state index in [1.54, 1.807) is 24.3 Å². The lowest BCUT2D eigenvalue weighted by Gasteiger charge is -2.09. The monoisotopic (exact) mass is 307 g/mol. The lowest BCUT2D eigenvalue weighted by molar-refractivity contribution is 0.103. The topological polar surface area (TPSA) is 52.3 Å². The lowest BCUT2D eigenvalue weighted by atomic mass is 9.99. The first kappa shape index (κ1) is 13.3. The van der Waals surface area contributed by atoms with Gasteiger partial charge in [0.2, 0.25) is 0 Å². The second-order valence-electron chi connectivity index (χ2n) is 4.64. The predicted molar refractivity (Wildman–Crippen MR) is 79.9 cm³/mol. The van der Waals surface area contributed by atoms with E-state index in [1.807, 2.05) is 6.07 Å². The zero-order chi connectivity index (χ0) is 14.3. The Hall–Kier alpha value is -1.71. The molecule has 0 unspecified atom stereocenters. The summed E-state index contributed by atoms with van der Waals surface area (Å²) in [5, 5.41) is 0.945. The van der Waals surface area contributed by atoms with Crippen LogP contribution in [0.15, 0.2) is 30.3 Å². The van der Waals surface area contributed by atoms with Gasteiger partial charge in [0.05, 0.1) is 12.2 Å². The molecule has 102 valence electrons. The second-order valence-corrected chi connectivity index (χ2v) is 5.52. The molecule has 0 bridgehead atoms. The Morgan fingerprint density at radius 3 is 2.60 bits per heavy atom. The number of anilines is 1. The first-order valence-electron chi connectivity index (χ1n) is 6.10. The summed E-state index contributed by atoms with van der Waals surface area (Å²) in [5.74, 6) is 0.415. The van der Waals surface area contributed by atoms with Crippen LogP contribution in [0.1, 0.15) is 21.5 Å². The van der Waals surface area contributed by atoms with E-state index in [-0.39, 0.29) is 5.78 Å². The molecular formula is C15H11Cl2NO2. The molecule has 0 atom stereocenters. The number of hydrogen-bond donors (Lipinski definition) is 1. The van der Waals surface area contributed by atoms with E-state index in [9.17, 15) is 4.79 Å². The lowest BCUT2D eigenvalue weighted by Crippen LogP contribution is -2.05. The molecule has 5 heteroatoms. The van der Waals surface area contributed by atoms with Crippen molar-refractivity contribution in [2.75, 3.05) is 12.3 Å². The summed E-state index contributed by atoms with van der Waals surface area (Å²) in [6, 6.07) is 8.22. The maximum absolute atomic E-state index is 12.6. The first-order valence-corrected chi connectivity index (χ1v) is 6.86. The van der Waals surface area contributed by atoms with Crippen LogP contribution in [0, 0.1) is 0 Å². The van der Waals surface area contributed by atoms with Gasteiger partial charge in [-0.25, -0.2) is 0 Å². The highest BCUT2D eigenvalue weighted by atomic mass is 35.5. The van der Waals surface area contributed by atoms with Gasteiger partial charge in [-0.15, -0.1) is 0 Å². The molecule has 20 heavy (non-hydrogen) atoms. The highest BCUT2D eigenvalue weighted by molar-refractivity contribution is 6.32. The molecule has 2 aromatic carbocycles. The fourth-order valence-corrected chi connectivity index (χ4v) is 2.82. The summed E-state index contributed by atoms with van der Waals surface area (Å²) in [6.45, 7) is 0.563. The number of nitrogens with two attached hydrogens (primary N) is 1. The van der Waals surface area contributed by atoms with Gasteiger partial charge in [0.1, 0.15) is 5.75 Å². The van der Waals surface area contributed by atoms with Crippen LogP contribution in [0.4, 0.5) is 5.69 Å². The van der Waals surface area contributed by atoms with Crippen LogP contribution in [0.3, 0.4) is 0 Å². The van der Waals surface area contributed by atoms with Gasteiger partial charge in [0.25, 0.3) is 0 Å². The molecule has 0 saturated carbocycles. The summed E-state index contributed by atoms with van der Waals surface area (Å²) >= 11 is 12.0. The normalized spacial score (nSPS) is 12.9. The van der Waals surface area contributed by atoms with Gasteiger partial charge in [-0.05, 0) is 35.9 Å². The third-order valence-corrected chi connectivity index (χ3v) is 3.61. The Morgan fingerprint density at radius 2 is 1.85 bits per heavy atom. The average molecular weight is 308 g/mol. The fraction of sp³-hybridized carbons (Fsp3) is 0.133. The molecule has 0 spiro atoms. The Morgan fingerprint density at radius 1 is 1.10 bits per heavy atom. The Bertz CT molecular complexity index is 693. The molecule has 0 fully saturated rings. The molecule has 0 radical (unpaired) electrons. The minimum Gasteiger partial charge on any atom is -0.492 e. The van der Waals surface area contributed by atoms with Crippen LogP contribution in [0.5, 0.6) is 5.75 Å². The van der Waals surface area contributed by atoms with E-state index in [0.717, 1.165) is 12.0 Å². The fourth-order valence-electron chi connectivity index (χ4n) is 2.34. The van der Waals surface area contributed by atoms with Crippen molar-refractivity contribution in [1.29, 1.82) is 0 Å². The van der Waals surface area contributed by atoms with Crippen molar-refractivity contribution in [3.05, 3.63) is 57.1 Å². The number of halogens is 2. The minimum atomic E-state index is -0.195. The number of nitrogen functional groups attached to an aromatic ring is 1. The van der Waals surface area contributed by atoms with E-state index in [1.165, 1.54) is 0 Å². The van der Waals surface area contributed by atoms with Gasteiger partial charge in [-0.3, -0.25) is 4.79 Å². The van der Waals surface area contributed by atoms with Crippen LogP contribution < -0.4 is 10.5 Å². The number of rotatable bonds is 2. The smallest absolute Gasteiger partial charge is 0.196 e. The SMILES string of the molecule is Nc1cc(Cl)cc(C(=O)c2cc(Cl)cc3c2OCC3)c1. The number of ether oxygens (including phenoxy) is 1. The van der Waals surface area contributed by atoms with Crippen molar-refractivity contribution in [1.82, 2.24) is 0 Å². The molecule has 3 nitrogen and oxygen atoms in total. The van der Waals surface area contributed by atoms with Crippen LogP contribution in [-0.4, -0.2) is 12.4 Å². The van der Waals surface area contributed by atoms with E-state index >= 15 is 0 Å². The molecule has 3 rings (SSSR count). The number of carbonyl (C=O) groups excluding carboxylic acids is 1. The second kappa shape index (κ2) is 5.00. The summed E-state index contributed by atoms with van der Waals surface area (Å²) in [6.07, 6.45) is 0.758. The summed E-state index contributed by atoms with van der Waals surface area (Å²) < 4.78 is 5.54. The van der Waals surface area contributed by atoms with E-state index in [2.05, 4.69) is 0 Å². The number of ketones is 1. The maximum Gasteiger partial charge on any atom is 0.196 e. The van der Waals surface area contributed by atoms with Gasteiger partial charge >= 0.3 is 0 Å². The predicted octanol–water partition coefficient (Wildman–Crippen LogP) is 3.74. The first-order chi connectivity index (χ1) is 9.54. The number of carbonyl (C=O) groups is 1. The van der Waals surface area contributed by atoms with Crippen molar-refractivity contribution < 1.29 is 9.53 Å². The zero-order valence-electron chi connectivity index (χ0n) is 10.5. The molecular weight excluding hydrogens is 297 g/mol. The van der Waals surface area contributed by atoms with Crippen LogP contribution in [-0.2, 0) is 6.42 Å². The van der Waals surface area contributed by atoms with Crippen LogP contribution >= 0.6 is 23.2 Å². The van der Waals surface area contributed by atoms with E-state index in [4.69, 9.17) is 33.7 Å². The van der Waals surface area contributed by atoms with Gasteiger partial charge in [-0.2, -0.15) is 0 Å².